The third kappa shape index (κ3) is 3.94. The molecule has 0 heterocycles. The zero-order valence-electron chi connectivity index (χ0n) is 9.79. The van der Waals surface area contributed by atoms with Crippen LogP contribution < -0.4 is 5.32 Å². The summed E-state index contributed by atoms with van der Waals surface area (Å²) in [4.78, 5) is 12.1. The van der Waals surface area contributed by atoms with Crippen molar-refractivity contribution in [2.24, 2.45) is 0 Å². The van der Waals surface area contributed by atoms with Crippen molar-refractivity contribution in [3.05, 3.63) is 62.2 Å². The smallest absolute Gasteiger partial charge is 0.255 e. The van der Waals surface area contributed by atoms with Gasteiger partial charge in [-0.1, -0.05) is 39.7 Å². The Kier molecular flexibility index (Phi) is 5.24. The van der Waals surface area contributed by atoms with Gasteiger partial charge in [0.2, 0.25) is 0 Å². The predicted octanol–water partition coefficient (Wildman–Crippen LogP) is 5.09. The lowest BCUT2D eigenvalue weighted by Crippen LogP contribution is -2.12. The van der Waals surface area contributed by atoms with Gasteiger partial charge in [-0.15, -0.1) is 0 Å². The minimum Gasteiger partial charge on any atom is -0.322 e. The molecule has 2 rings (SSSR count). The van der Waals surface area contributed by atoms with Crippen LogP contribution in [0.4, 0.5) is 5.69 Å². The van der Waals surface area contributed by atoms with Gasteiger partial charge >= 0.3 is 0 Å². The van der Waals surface area contributed by atoms with Crippen molar-refractivity contribution in [2.45, 2.75) is 5.33 Å². The summed E-state index contributed by atoms with van der Waals surface area (Å²) in [6.45, 7) is 0. The molecule has 0 saturated carbocycles. The Morgan fingerprint density at radius 2 is 2.05 bits per heavy atom. The maximum Gasteiger partial charge on any atom is 0.255 e. The van der Waals surface area contributed by atoms with Gasteiger partial charge in [0.25, 0.3) is 5.91 Å². The van der Waals surface area contributed by atoms with E-state index >= 15 is 0 Å². The lowest BCUT2D eigenvalue weighted by Gasteiger charge is -2.07. The second kappa shape index (κ2) is 6.72. The zero-order chi connectivity index (χ0) is 13.8. The van der Waals surface area contributed by atoms with E-state index in [0.29, 0.717) is 10.6 Å². The molecule has 0 aliphatic rings. The first-order valence-electron chi connectivity index (χ1n) is 5.51. The van der Waals surface area contributed by atoms with Gasteiger partial charge in [-0.05, 0) is 58.5 Å². The lowest BCUT2D eigenvalue weighted by molar-refractivity contribution is 0.102. The molecule has 0 aromatic heterocycles. The molecule has 0 spiro atoms. The van der Waals surface area contributed by atoms with Gasteiger partial charge in [0.15, 0.2) is 0 Å². The van der Waals surface area contributed by atoms with Crippen LogP contribution in [0.25, 0.3) is 0 Å². The van der Waals surface area contributed by atoms with Crippen LogP contribution in [0, 0.1) is 3.57 Å². The highest BCUT2D eigenvalue weighted by Gasteiger charge is 2.08. The number of benzene rings is 2. The molecule has 0 fully saturated rings. The monoisotopic (exact) mass is 449 g/mol. The molecule has 2 nitrogen and oxygen atoms in total. The number of carbonyl (C=O) groups is 1. The molecule has 0 unspecified atom stereocenters. The topological polar surface area (TPSA) is 29.1 Å². The summed E-state index contributed by atoms with van der Waals surface area (Å²) < 4.78 is 0.928. The average molecular weight is 451 g/mol. The first-order valence-corrected chi connectivity index (χ1v) is 8.09. The Morgan fingerprint density at radius 1 is 1.26 bits per heavy atom. The lowest BCUT2D eigenvalue weighted by atomic mass is 10.2. The highest BCUT2D eigenvalue weighted by Crippen LogP contribution is 2.20. The van der Waals surface area contributed by atoms with Gasteiger partial charge in [-0.3, -0.25) is 4.79 Å². The number of hydrogen-bond donors (Lipinski definition) is 1. The van der Waals surface area contributed by atoms with E-state index in [2.05, 4.69) is 43.8 Å². The first kappa shape index (κ1) is 14.8. The highest BCUT2D eigenvalue weighted by atomic mass is 127. The zero-order valence-corrected chi connectivity index (χ0v) is 14.3. The number of halogens is 3. The van der Waals surface area contributed by atoms with Gasteiger partial charge in [0.1, 0.15) is 0 Å². The van der Waals surface area contributed by atoms with E-state index in [9.17, 15) is 4.79 Å². The number of rotatable bonds is 3. The third-order valence-corrected chi connectivity index (χ3v) is 4.74. The molecule has 5 heteroatoms. The Hall–Kier alpha value is -0.590. The molecule has 1 N–H and O–H groups in total. The quantitative estimate of drug-likeness (QED) is 0.512. The fourth-order valence-corrected chi connectivity index (χ4v) is 2.44. The number of amides is 1. The summed E-state index contributed by atoms with van der Waals surface area (Å²) in [5.41, 5.74) is 2.43. The molecular weight excluding hydrogens is 440 g/mol. The second-order valence-corrected chi connectivity index (χ2v) is 6.05. The number of anilines is 1. The van der Waals surface area contributed by atoms with Crippen molar-refractivity contribution in [3.8, 4) is 0 Å². The van der Waals surface area contributed by atoms with Crippen molar-refractivity contribution >= 4 is 61.7 Å². The molecule has 1 amide bonds. The van der Waals surface area contributed by atoms with Crippen molar-refractivity contribution in [2.75, 3.05) is 5.32 Å². The maximum absolute atomic E-state index is 12.1. The van der Waals surface area contributed by atoms with E-state index in [1.165, 1.54) is 0 Å². The van der Waals surface area contributed by atoms with Gasteiger partial charge in [0, 0.05) is 20.2 Å². The standard InChI is InChI=1S/C14H10BrClINO/c15-8-9-2-1-3-11(6-9)18-14(19)10-4-5-13(17)12(16)7-10/h1-7H,8H2,(H,18,19). The van der Waals surface area contributed by atoms with E-state index in [1.54, 1.807) is 12.1 Å². The fraction of sp³-hybridized carbons (Fsp3) is 0.0714. The highest BCUT2D eigenvalue weighted by molar-refractivity contribution is 14.1. The minimum atomic E-state index is -0.162. The van der Waals surface area contributed by atoms with E-state index in [0.717, 1.165) is 20.2 Å². The van der Waals surface area contributed by atoms with Crippen molar-refractivity contribution in [3.63, 3.8) is 0 Å². The van der Waals surface area contributed by atoms with E-state index < -0.39 is 0 Å². The molecule has 0 bridgehead atoms. The first-order chi connectivity index (χ1) is 9.10. The van der Waals surface area contributed by atoms with Crippen LogP contribution >= 0.6 is 50.1 Å². The van der Waals surface area contributed by atoms with E-state index in [1.807, 2.05) is 30.3 Å². The summed E-state index contributed by atoms with van der Waals surface area (Å²) >= 11 is 11.5. The van der Waals surface area contributed by atoms with Gasteiger partial charge < -0.3 is 5.32 Å². The third-order valence-electron chi connectivity index (χ3n) is 2.52. The summed E-state index contributed by atoms with van der Waals surface area (Å²) in [6.07, 6.45) is 0. The SMILES string of the molecule is O=C(Nc1cccc(CBr)c1)c1ccc(I)c(Cl)c1. The molecule has 2 aromatic carbocycles. The summed E-state index contributed by atoms with van der Waals surface area (Å²) in [7, 11) is 0. The Morgan fingerprint density at radius 3 is 2.74 bits per heavy atom. The van der Waals surface area contributed by atoms with Crippen LogP contribution in [0.15, 0.2) is 42.5 Å². The van der Waals surface area contributed by atoms with Crippen LogP contribution in [0.3, 0.4) is 0 Å². The Labute approximate surface area is 138 Å². The summed E-state index contributed by atoms with van der Waals surface area (Å²) in [5.74, 6) is -0.162. The van der Waals surface area contributed by atoms with Crippen molar-refractivity contribution < 1.29 is 4.79 Å². The molecule has 0 aliphatic carbocycles. The molecule has 98 valence electrons. The van der Waals surface area contributed by atoms with Crippen LogP contribution in [-0.4, -0.2) is 5.91 Å². The average Bonchev–Trinajstić information content (AvgIpc) is 2.42. The maximum atomic E-state index is 12.1. The minimum absolute atomic E-state index is 0.162. The molecule has 0 atom stereocenters. The molecule has 2 aromatic rings. The molecule has 19 heavy (non-hydrogen) atoms. The number of nitrogens with one attached hydrogen (secondary N) is 1. The summed E-state index contributed by atoms with van der Waals surface area (Å²) in [5, 5.41) is 4.20. The molecule has 0 saturated heterocycles. The molecular formula is C14H10BrClINO. The molecule has 0 aliphatic heterocycles. The van der Waals surface area contributed by atoms with E-state index in [-0.39, 0.29) is 5.91 Å². The second-order valence-electron chi connectivity index (χ2n) is 3.92. The summed E-state index contributed by atoms with van der Waals surface area (Å²) in [6, 6.07) is 13.0. The van der Waals surface area contributed by atoms with Gasteiger partial charge in [0.05, 0.1) is 5.02 Å². The number of alkyl halides is 1. The van der Waals surface area contributed by atoms with Gasteiger partial charge in [-0.2, -0.15) is 0 Å². The normalized spacial score (nSPS) is 10.3. The fourth-order valence-electron chi connectivity index (χ4n) is 1.57. The Balaban J connectivity index is 2.18. The van der Waals surface area contributed by atoms with Crippen molar-refractivity contribution in [1.82, 2.24) is 0 Å². The van der Waals surface area contributed by atoms with Crippen molar-refractivity contribution in [1.29, 1.82) is 0 Å². The van der Waals surface area contributed by atoms with Crippen LogP contribution in [0.1, 0.15) is 15.9 Å². The Bertz CT molecular complexity index is 618. The van der Waals surface area contributed by atoms with Crippen LogP contribution in [-0.2, 0) is 5.33 Å². The van der Waals surface area contributed by atoms with Crippen LogP contribution in [0.5, 0.6) is 0 Å². The number of carbonyl (C=O) groups excluding carboxylic acids is 1. The van der Waals surface area contributed by atoms with Crippen LogP contribution in [0.2, 0.25) is 5.02 Å². The molecule has 0 radical (unpaired) electrons. The van der Waals surface area contributed by atoms with Gasteiger partial charge in [-0.25, -0.2) is 0 Å². The van der Waals surface area contributed by atoms with E-state index in [4.69, 9.17) is 11.6 Å². The largest absolute Gasteiger partial charge is 0.322 e. The predicted molar refractivity (Wildman–Crippen MR) is 91.2 cm³/mol. The number of hydrogen-bond acceptors (Lipinski definition) is 1.